The molecule has 0 aliphatic carbocycles. The Morgan fingerprint density at radius 1 is 0.274 bits per heavy atom. The molecule has 0 bridgehead atoms. The lowest BCUT2D eigenvalue weighted by atomic mass is 9.83. The molecule has 8 aromatic rings. The maximum Gasteiger partial charge on any atom is 0.0564 e. The molecule has 0 heterocycles. The van der Waals surface area contributed by atoms with E-state index in [1.807, 2.05) is 0 Å². The summed E-state index contributed by atoms with van der Waals surface area (Å²) >= 11 is 0. The van der Waals surface area contributed by atoms with Crippen molar-refractivity contribution in [1.29, 1.82) is 0 Å². The minimum Gasteiger partial charge on any atom is -0.310 e. The molecule has 0 N–H and O–H groups in total. The molecule has 0 radical (unpaired) electrons. The van der Waals surface area contributed by atoms with E-state index in [9.17, 15) is 0 Å². The van der Waals surface area contributed by atoms with E-state index in [0.29, 0.717) is 0 Å². The highest BCUT2D eigenvalue weighted by Gasteiger charge is 2.29. The molecule has 0 aromatic heterocycles. The van der Waals surface area contributed by atoms with Crippen molar-refractivity contribution in [3.8, 4) is 11.1 Å². The van der Waals surface area contributed by atoms with Gasteiger partial charge in [0.05, 0.1) is 11.4 Å². The molecule has 314 valence electrons. The number of fused-ring (bicyclic) bond motifs is 2. The van der Waals surface area contributed by atoms with Gasteiger partial charge in [-0.25, -0.2) is 0 Å². The Bertz CT molecular complexity index is 2780. The van der Waals surface area contributed by atoms with Gasteiger partial charge in [-0.05, 0) is 144 Å². The van der Waals surface area contributed by atoms with Gasteiger partial charge in [0.15, 0.2) is 0 Å². The molecule has 0 fully saturated rings. The molecular weight excluding hydrogens is 749 g/mol. The first kappa shape index (κ1) is 42.6. The molecule has 0 aliphatic heterocycles. The summed E-state index contributed by atoms with van der Waals surface area (Å²) in [6.45, 7) is 27.6. The third kappa shape index (κ3) is 8.66. The summed E-state index contributed by atoms with van der Waals surface area (Å²) in [5, 5.41) is 4.94. The van der Waals surface area contributed by atoms with Crippen molar-refractivity contribution in [2.24, 2.45) is 0 Å². The van der Waals surface area contributed by atoms with Crippen molar-refractivity contribution in [3.05, 3.63) is 192 Å². The second kappa shape index (κ2) is 16.0. The molecule has 0 saturated carbocycles. The second-order valence-corrected chi connectivity index (χ2v) is 21.3. The standard InChI is InChI=1S/C60H64N2/c1-57(2,3)46-23-30-50(31-24-46)61(51-32-25-47(26-33-51)58(4,5)6)54-39-49(60(10,11)12)40-55(56(54)41-18-14-13-15-19-41)62(52-34-27-48(28-35-52)59(7,8)9)53-29-22-44-36-42-20-16-17-21-43(42)37-45(44)38-53/h13-40H,1-12H3. The number of nitrogens with zero attached hydrogens (tertiary/aromatic N) is 2. The molecule has 0 atom stereocenters. The molecule has 0 amide bonds. The molecule has 0 saturated heterocycles. The van der Waals surface area contributed by atoms with E-state index < -0.39 is 0 Å². The highest BCUT2D eigenvalue weighted by molar-refractivity contribution is 6.03. The minimum atomic E-state index is -0.166. The summed E-state index contributed by atoms with van der Waals surface area (Å²) in [6, 6.07) is 64.0. The Labute approximate surface area is 371 Å². The van der Waals surface area contributed by atoms with Crippen LogP contribution >= 0.6 is 0 Å². The van der Waals surface area contributed by atoms with Crippen LogP contribution in [0.1, 0.15) is 105 Å². The smallest absolute Gasteiger partial charge is 0.0564 e. The van der Waals surface area contributed by atoms with Crippen LogP contribution in [0.2, 0.25) is 0 Å². The van der Waals surface area contributed by atoms with Crippen LogP contribution in [0.25, 0.3) is 32.7 Å². The van der Waals surface area contributed by atoms with Gasteiger partial charge in [0.1, 0.15) is 0 Å². The van der Waals surface area contributed by atoms with Crippen molar-refractivity contribution in [3.63, 3.8) is 0 Å². The van der Waals surface area contributed by atoms with Gasteiger partial charge >= 0.3 is 0 Å². The Morgan fingerprint density at radius 3 is 1.02 bits per heavy atom. The number of hydrogen-bond donors (Lipinski definition) is 0. The Hall–Kier alpha value is -6.12. The van der Waals surface area contributed by atoms with Crippen LogP contribution in [0.15, 0.2) is 170 Å². The van der Waals surface area contributed by atoms with Crippen molar-refractivity contribution < 1.29 is 0 Å². The zero-order chi connectivity index (χ0) is 44.2. The molecule has 8 aromatic carbocycles. The van der Waals surface area contributed by atoms with E-state index in [4.69, 9.17) is 0 Å². The number of rotatable bonds is 7. The highest BCUT2D eigenvalue weighted by atomic mass is 15.2. The van der Waals surface area contributed by atoms with Gasteiger partial charge < -0.3 is 9.80 Å². The number of hydrogen-bond acceptors (Lipinski definition) is 2. The Kier molecular flexibility index (Phi) is 11.0. The average Bonchev–Trinajstić information content (AvgIpc) is 3.22. The lowest BCUT2D eigenvalue weighted by Crippen LogP contribution is -2.20. The monoisotopic (exact) mass is 813 g/mol. The van der Waals surface area contributed by atoms with Crippen LogP contribution < -0.4 is 9.80 Å². The van der Waals surface area contributed by atoms with Crippen molar-refractivity contribution >= 4 is 55.7 Å². The van der Waals surface area contributed by atoms with Crippen molar-refractivity contribution in [2.45, 2.75) is 105 Å². The van der Waals surface area contributed by atoms with Crippen LogP contribution in [0.4, 0.5) is 34.1 Å². The first-order valence-electron chi connectivity index (χ1n) is 22.3. The van der Waals surface area contributed by atoms with Crippen molar-refractivity contribution in [1.82, 2.24) is 0 Å². The zero-order valence-corrected chi connectivity index (χ0v) is 39.1. The van der Waals surface area contributed by atoms with E-state index in [1.165, 1.54) is 43.8 Å². The first-order valence-corrected chi connectivity index (χ1v) is 22.3. The number of anilines is 6. The molecular formula is C60H64N2. The first-order chi connectivity index (χ1) is 29.3. The van der Waals surface area contributed by atoms with Gasteiger partial charge in [-0.15, -0.1) is 0 Å². The lowest BCUT2D eigenvalue weighted by molar-refractivity contribution is 0.589. The summed E-state index contributed by atoms with van der Waals surface area (Å²) in [5.74, 6) is 0. The predicted molar refractivity (Wildman–Crippen MR) is 271 cm³/mol. The van der Waals surface area contributed by atoms with E-state index in [1.54, 1.807) is 0 Å². The van der Waals surface area contributed by atoms with E-state index in [0.717, 1.165) is 45.3 Å². The van der Waals surface area contributed by atoms with E-state index >= 15 is 0 Å². The molecule has 8 rings (SSSR count). The lowest BCUT2D eigenvalue weighted by Gasteiger charge is -2.36. The maximum atomic E-state index is 2.51. The predicted octanol–water partition coefficient (Wildman–Crippen LogP) is 17.8. The summed E-state index contributed by atoms with van der Waals surface area (Å²) < 4.78 is 0. The molecule has 0 spiro atoms. The molecule has 0 unspecified atom stereocenters. The molecule has 0 aliphatic rings. The Morgan fingerprint density at radius 2 is 0.613 bits per heavy atom. The molecule has 62 heavy (non-hydrogen) atoms. The summed E-state index contributed by atoms with van der Waals surface area (Å²) in [4.78, 5) is 5.00. The van der Waals surface area contributed by atoms with Gasteiger partial charge in [0.2, 0.25) is 0 Å². The van der Waals surface area contributed by atoms with Crippen molar-refractivity contribution in [2.75, 3.05) is 9.80 Å². The van der Waals surface area contributed by atoms with Gasteiger partial charge in [0.25, 0.3) is 0 Å². The van der Waals surface area contributed by atoms with Crippen LogP contribution in [0.5, 0.6) is 0 Å². The fraction of sp³-hybridized carbons (Fsp3) is 0.267. The Balaban J connectivity index is 1.48. The largest absolute Gasteiger partial charge is 0.310 e. The third-order valence-electron chi connectivity index (χ3n) is 12.4. The van der Waals surface area contributed by atoms with E-state index in [-0.39, 0.29) is 21.7 Å². The van der Waals surface area contributed by atoms with Gasteiger partial charge in [-0.1, -0.05) is 180 Å². The quantitative estimate of drug-likeness (QED) is 0.148. The summed E-state index contributed by atoms with van der Waals surface area (Å²) in [5.41, 5.74) is 14.1. The van der Waals surface area contributed by atoms with Gasteiger partial charge in [0, 0.05) is 28.3 Å². The summed E-state index contributed by atoms with van der Waals surface area (Å²) in [6.07, 6.45) is 0. The normalized spacial score (nSPS) is 12.5. The number of benzene rings is 8. The molecule has 2 heteroatoms. The van der Waals surface area contributed by atoms with Crippen LogP contribution in [0, 0.1) is 0 Å². The SMILES string of the molecule is CC(C)(C)c1ccc(N(c2ccc(C(C)(C)C)cc2)c2cc(C(C)(C)C)cc(N(c3ccc(C(C)(C)C)cc3)c3ccc4cc5ccccc5cc4c3)c2-c2ccccc2)cc1. The average molecular weight is 813 g/mol. The van der Waals surface area contributed by atoms with Crippen LogP contribution in [0.3, 0.4) is 0 Å². The van der Waals surface area contributed by atoms with Gasteiger partial charge in [-0.3, -0.25) is 0 Å². The van der Waals surface area contributed by atoms with Crippen LogP contribution in [-0.4, -0.2) is 0 Å². The van der Waals surface area contributed by atoms with Gasteiger partial charge in [-0.2, -0.15) is 0 Å². The fourth-order valence-corrected chi connectivity index (χ4v) is 8.55. The third-order valence-corrected chi connectivity index (χ3v) is 12.4. The second-order valence-electron chi connectivity index (χ2n) is 21.3. The maximum absolute atomic E-state index is 2.51. The van der Waals surface area contributed by atoms with E-state index in [2.05, 4.69) is 263 Å². The molecule has 2 nitrogen and oxygen atoms in total. The highest BCUT2D eigenvalue weighted by Crippen LogP contribution is 2.51. The zero-order valence-electron chi connectivity index (χ0n) is 39.1. The minimum absolute atomic E-state index is 0.0213. The summed E-state index contributed by atoms with van der Waals surface area (Å²) in [7, 11) is 0. The van der Waals surface area contributed by atoms with Crippen LogP contribution in [-0.2, 0) is 21.7 Å². The fourth-order valence-electron chi connectivity index (χ4n) is 8.55. The topological polar surface area (TPSA) is 6.48 Å².